The van der Waals surface area contributed by atoms with E-state index in [1.165, 1.54) is 25.9 Å². The van der Waals surface area contributed by atoms with Gasteiger partial charge in [-0.1, -0.05) is 0 Å². The highest BCUT2D eigenvalue weighted by Gasteiger charge is 2.23. The molecule has 0 amide bonds. The molecule has 3 nitrogen and oxygen atoms in total. The zero-order valence-electron chi connectivity index (χ0n) is 9.56. The minimum atomic E-state index is 0.398. The molecule has 1 saturated heterocycles. The van der Waals surface area contributed by atoms with Gasteiger partial charge >= 0.3 is 0 Å². The second kappa shape index (κ2) is 5.53. The Morgan fingerprint density at radius 3 is 2.47 bits per heavy atom. The van der Waals surface area contributed by atoms with Crippen LogP contribution >= 0.6 is 12.6 Å². The number of thiol groups is 1. The van der Waals surface area contributed by atoms with Crippen LogP contribution in [0.1, 0.15) is 19.8 Å². The molecule has 1 saturated carbocycles. The number of nitrogens with zero attached hydrogens (tertiary/aromatic N) is 2. The zero-order valence-corrected chi connectivity index (χ0v) is 10.5. The first-order chi connectivity index (χ1) is 7.25. The van der Waals surface area contributed by atoms with Crippen molar-refractivity contribution >= 4 is 12.6 Å². The smallest absolute Gasteiger partial charge is 0.0597 e. The molecule has 0 aromatic heterocycles. The summed E-state index contributed by atoms with van der Waals surface area (Å²) in [5.74, 6) is 0. The maximum Gasteiger partial charge on any atom is 0.0597 e. The Balaban J connectivity index is 1.56. The quantitative estimate of drug-likeness (QED) is 0.711. The van der Waals surface area contributed by atoms with E-state index in [1.54, 1.807) is 0 Å². The van der Waals surface area contributed by atoms with Gasteiger partial charge in [0.15, 0.2) is 0 Å². The van der Waals surface area contributed by atoms with Crippen molar-refractivity contribution in [2.75, 3.05) is 39.3 Å². The standard InChI is InChI=1S/C11H22N2OS/c1-10(15)13-6-4-12(5-7-13)8-9-14-11-2-3-11/h10-11,15H,2-9H2,1H3. The summed E-state index contributed by atoms with van der Waals surface area (Å²) in [7, 11) is 0. The largest absolute Gasteiger partial charge is 0.377 e. The van der Waals surface area contributed by atoms with Gasteiger partial charge in [-0.3, -0.25) is 9.80 Å². The Hall–Kier alpha value is 0.230. The summed E-state index contributed by atoms with van der Waals surface area (Å²) < 4.78 is 5.66. The van der Waals surface area contributed by atoms with Crippen LogP contribution in [0, 0.1) is 0 Å². The van der Waals surface area contributed by atoms with Gasteiger partial charge in [0.25, 0.3) is 0 Å². The molecular formula is C11H22N2OS. The molecule has 0 aromatic carbocycles. The van der Waals surface area contributed by atoms with Crippen LogP contribution < -0.4 is 0 Å². The molecule has 0 aromatic rings. The van der Waals surface area contributed by atoms with E-state index in [9.17, 15) is 0 Å². The maximum atomic E-state index is 5.66. The average Bonchev–Trinajstić information content (AvgIpc) is 3.02. The highest BCUT2D eigenvalue weighted by Crippen LogP contribution is 2.23. The molecule has 1 heterocycles. The lowest BCUT2D eigenvalue weighted by Crippen LogP contribution is -2.49. The van der Waals surface area contributed by atoms with Crippen molar-refractivity contribution in [2.45, 2.75) is 31.2 Å². The Morgan fingerprint density at radius 1 is 1.27 bits per heavy atom. The summed E-state index contributed by atoms with van der Waals surface area (Å²) in [6.45, 7) is 8.79. The lowest BCUT2D eigenvalue weighted by Gasteiger charge is -2.36. The van der Waals surface area contributed by atoms with Crippen LogP contribution in [0.4, 0.5) is 0 Å². The molecule has 0 bridgehead atoms. The number of rotatable bonds is 5. The van der Waals surface area contributed by atoms with E-state index in [0.29, 0.717) is 11.5 Å². The third kappa shape index (κ3) is 3.94. The number of ether oxygens (including phenoxy) is 1. The Kier molecular flexibility index (Phi) is 4.31. The van der Waals surface area contributed by atoms with Crippen LogP contribution in [0.15, 0.2) is 0 Å². The summed E-state index contributed by atoms with van der Waals surface area (Å²) in [5, 5.41) is 0.398. The number of hydrogen-bond acceptors (Lipinski definition) is 4. The van der Waals surface area contributed by atoms with E-state index in [0.717, 1.165) is 26.2 Å². The molecule has 2 rings (SSSR count). The van der Waals surface area contributed by atoms with Crippen LogP contribution in [0.25, 0.3) is 0 Å². The van der Waals surface area contributed by atoms with E-state index in [4.69, 9.17) is 4.74 Å². The van der Waals surface area contributed by atoms with Gasteiger partial charge in [0.1, 0.15) is 0 Å². The monoisotopic (exact) mass is 230 g/mol. The molecular weight excluding hydrogens is 208 g/mol. The first-order valence-electron chi connectivity index (χ1n) is 6.02. The molecule has 2 fully saturated rings. The molecule has 1 unspecified atom stereocenters. The third-order valence-electron chi connectivity index (χ3n) is 3.22. The minimum absolute atomic E-state index is 0.398. The molecule has 1 aliphatic carbocycles. The first-order valence-corrected chi connectivity index (χ1v) is 6.53. The molecule has 2 aliphatic rings. The maximum absolute atomic E-state index is 5.66. The highest BCUT2D eigenvalue weighted by atomic mass is 32.1. The Labute approximate surface area is 98.2 Å². The van der Waals surface area contributed by atoms with E-state index in [-0.39, 0.29) is 0 Å². The van der Waals surface area contributed by atoms with Gasteiger partial charge in [-0.15, -0.1) is 0 Å². The third-order valence-corrected chi connectivity index (χ3v) is 3.55. The molecule has 1 atom stereocenters. The zero-order chi connectivity index (χ0) is 10.7. The second-order valence-corrected chi connectivity index (χ2v) is 5.33. The molecule has 88 valence electrons. The van der Waals surface area contributed by atoms with Crippen molar-refractivity contribution < 1.29 is 4.74 Å². The van der Waals surface area contributed by atoms with Crippen molar-refractivity contribution in [1.82, 2.24) is 9.80 Å². The van der Waals surface area contributed by atoms with Gasteiger partial charge in [-0.2, -0.15) is 12.6 Å². The summed E-state index contributed by atoms with van der Waals surface area (Å²) in [5.41, 5.74) is 0. The summed E-state index contributed by atoms with van der Waals surface area (Å²) in [4.78, 5) is 4.91. The normalized spacial score (nSPS) is 26.8. The lowest BCUT2D eigenvalue weighted by atomic mass is 10.3. The molecule has 1 aliphatic heterocycles. The first kappa shape index (κ1) is 11.7. The van der Waals surface area contributed by atoms with Crippen molar-refractivity contribution in [2.24, 2.45) is 0 Å². The van der Waals surface area contributed by atoms with Crippen LogP contribution in [-0.2, 0) is 4.74 Å². The fraction of sp³-hybridized carbons (Fsp3) is 1.00. The molecule has 15 heavy (non-hydrogen) atoms. The van der Waals surface area contributed by atoms with E-state index >= 15 is 0 Å². The van der Waals surface area contributed by atoms with Gasteiger partial charge < -0.3 is 4.74 Å². The topological polar surface area (TPSA) is 15.7 Å². The van der Waals surface area contributed by atoms with Crippen LogP contribution in [0.5, 0.6) is 0 Å². The van der Waals surface area contributed by atoms with Gasteiger partial charge in [0.05, 0.1) is 12.7 Å². The van der Waals surface area contributed by atoms with Crippen LogP contribution in [0.3, 0.4) is 0 Å². The Morgan fingerprint density at radius 2 is 1.93 bits per heavy atom. The van der Waals surface area contributed by atoms with Gasteiger partial charge in [-0.25, -0.2) is 0 Å². The van der Waals surface area contributed by atoms with Gasteiger partial charge in [-0.05, 0) is 19.8 Å². The van der Waals surface area contributed by atoms with E-state index in [2.05, 4.69) is 29.4 Å². The van der Waals surface area contributed by atoms with Crippen molar-refractivity contribution in [3.63, 3.8) is 0 Å². The predicted molar refractivity (Wildman–Crippen MR) is 65.4 cm³/mol. The second-order valence-electron chi connectivity index (χ2n) is 4.58. The predicted octanol–water partition coefficient (Wildman–Crippen LogP) is 1.06. The van der Waals surface area contributed by atoms with Gasteiger partial charge in [0.2, 0.25) is 0 Å². The minimum Gasteiger partial charge on any atom is -0.377 e. The van der Waals surface area contributed by atoms with Gasteiger partial charge in [0, 0.05) is 38.1 Å². The number of hydrogen-bond donors (Lipinski definition) is 1. The van der Waals surface area contributed by atoms with Crippen molar-refractivity contribution in [1.29, 1.82) is 0 Å². The number of piperazine rings is 1. The van der Waals surface area contributed by atoms with Crippen LogP contribution in [-0.4, -0.2) is 60.6 Å². The fourth-order valence-electron chi connectivity index (χ4n) is 1.94. The molecule has 0 radical (unpaired) electrons. The van der Waals surface area contributed by atoms with Crippen LogP contribution in [0.2, 0.25) is 0 Å². The summed E-state index contributed by atoms with van der Waals surface area (Å²) >= 11 is 4.46. The highest BCUT2D eigenvalue weighted by molar-refractivity contribution is 7.80. The fourth-order valence-corrected chi connectivity index (χ4v) is 2.17. The summed E-state index contributed by atoms with van der Waals surface area (Å²) in [6, 6.07) is 0. The summed E-state index contributed by atoms with van der Waals surface area (Å²) in [6.07, 6.45) is 3.17. The van der Waals surface area contributed by atoms with E-state index < -0.39 is 0 Å². The molecule has 0 spiro atoms. The molecule has 0 N–H and O–H groups in total. The SMILES string of the molecule is CC(S)N1CCN(CCOC2CC2)CC1. The van der Waals surface area contributed by atoms with E-state index in [1.807, 2.05) is 0 Å². The Bertz CT molecular complexity index is 186. The van der Waals surface area contributed by atoms with Crippen molar-refractivity contribution in [3.05, 3.63) is 0 Å². The lowest BCUT2D eigenvalue weighted by molar-refractivity contribution is 0.0669. The average molecular weight is 230 g/mol. The molecule has 4 heteroatoms. The van der Waals surface area contributed by atoms with Crippen molar-refractivity contribution in [3.8, 4) is 0 Å².